The van der Waals surface area contributed by atoms with Crippen molar-refractivity contribution in [2.24, 2.45) is 0 Å². The Kier molecular flexibility index (Phi) is 1.20. The van der Waals surface area contributed by atoms with Gasteiger partial charge in [0.15, 0.2) is 7.28 Å². The van der Waals surface area contributed by atoms with Gasteiger partial charge in [-0.2, -0.15) is 0 Å². The van der Waals surface area contributed by atoms with Gasteiger partial charge in [0.05, 0.1) is 6.20 Å². The predicted molar refractivity (Wildman–Crippen MR) is 40.8 cm³/mol. The van der Waals surface area contributed by atoms with Gasteiger partial charge < -0.3 is 4.42 Å². The summed E-state index contributed by atoms with van der Waals surface area (Å²) in [5.41, 5.74) is 1.16. The quantitative estimate of drug-likeness (QED) is 0.531. The van der Waals surface area contributed by atoms with Crippen LogP contribution < -0.4 is 0 Å². The first kappa shape index (κ1) is 5.53. The first-order chi connectivity index (χ1) is 4.97. The molecule has 0 aromatic carbocycles. The van der Waals surface area contributed by atoms with Gasteiger partial charge in [-0.15, -0.1) is 5.98 Å². The number of oxazole rings is 1. The zero-order chi connectivity index (χ0) is 6.81. The van der Waals surface area contributed by atoms with E-state index in [-0.39, 0.29) is 0 Å². The van der Waals surface area contributed by atoms with Crippen molar-refractivity contribution in [3.05, 3.63) is 36.5 Å². The number of aromatic nitrogens is 1. The highest BCUT2D eigenvalue weighted by Gasteiger charge is 2.07. The lowest BCUT2D eigenvalue weighted by atomic mass is 9.73. The first-order valence-corrected chi connectivity index (χ1v) is 3.22. The number of rotatable bonds is 1. The normalized spacial score (nSPS) is 15.0. The maximum absolute atomic E-state index is 5.10. The van der Waals surface area contributed by atoms with E-state index in [0.717, 1.165) is 18.6 Å². The molecule has 0 amide bonds. The third kappa shape index (κ3) is 0.797. The van der Waals surface area contributed by atoms with E-state index in [9.17, 15) is 0 Å². The third-order valence-electron chi connectivity index (χ3n) is 1.48. The van der Waals surface area contributed by atoms with Crippen molar-refractivity contribution >= 4 is 12.8 Å². The third-order valence-corrected chi connectivity index (χ3v) is 1.48. The molecule has 0 saturated carbocycles. The van der Waals surface area contributed by atoms with Gasteiger partial charge in [-0.3, -0.25) is 0 Å². The molecular formula is C7H6BNO. The molecule has 0 N–H and O–H groups in total. The van der Waals surface area contributed by atoms with Gasteiger partial charge >= 0.3 is 0 Å². The van der Waals surface area contributed by atoms with E-state index in [2.05, 4.69) is 11.0 Å². The minimum Gasteiger partial charge on any atom is -0.446 e. The molecule has 0 atom stereocenters. The fraction of sp³-hybridized carbons (Fsp3) is 0. The second-order valence-corrected chi connectivity index (χ2v) is 2.16. The van der Waals surface area contributed by atoms with Crippen LogP contribution in [0.15, 0.2) is 35.0 Å². The molecule has 2 nitrogen and oxygen atoms in total. The Hall–Kier alpha value is -1.25. The largest absolute Gasteiger partial charge is 0.446 e. The Labute approximate surface area is 59.5 Å². The van der Waals surface area contributed by atoms with Crippen molar-refractivity contribution in [1.82, 2.24) is 4.98 Å². The lowest BCUT2D eigenvalue weighted by molar-refractivity contribution is 0.545. The molecule has 1 aromatic heterocycles. The molecule has 0 unspecified atom stereocenters. The highest BCUT2D eigenvalue weighted by Crippen LogP contribution is 2.13. The Morgan fingerprint density at radius 2 is 2.50 bits per heavy atom. The van der Waals surface area contributed by atoms with Crippen LogP contribution in [0.4, 0.5) is 0 Å². The molecule has 2 heterocycles. The summed E-state index contributed by atoms with van der Waals surface area (Å²) in [5.74, 6) is 2.82. The lowest BCUT2D eigenvalue weighted by Gasteiger charge is -1.89. The highest BCUT2D eigenvalue weighted by molar-refractivity contribution is 6.66. The molecule has 0 spiro atoms. The van der Waals surface area contributed by atoms with Crippen LogP contribution in [0.2, 0.25) is 0 Å². The SMILES string of the molecule is B1C=CC=C1c1ncco1. The van der Waals surface area contributed by atoms with Gasteiger partial charge in [0.2, 0.25) is 5.89 Å². The minimum atomic E-state index is 0.741. The molecule has 48 valence electrons. The van der Waals surface area contributed by atoms with Crippen LogP contribution in [0.1, 0.15) is 5.89 Å². The summed E-state index contributed by atoms with van der Waals surface area (Å²) in [7, 11) is 0.945. The molecule has 3 heteroatoms. The summed E-state index contributed by atoms with van der Waals surface area (Å²) >= 11 is 0. The van der Waals surface area contributed by atoms with E-state index in [1.165, 1.54) is 0 Å². The summed E-state index contributed by atoms with van der Waals surface area (Å²) in [6, 6.07) is 0. The van der Waals surface area contributed by atoms with Crippen LogP contribution in [-0.2, 0) is 0 Å². The average molecular weight is 131 g/mol. The summed E-state index contributed by atoms with van der Waals surface area (Å²) in [4.78, 5) is 4.02. The van der Waals surface area contributed by atoms with Crippen molar-refractivity contribution in [3.8, 4) is 0 Å². The van der Waals surface area contributed by atoms with Crippen molar-refractivity contribution in [2.45, 2.75) is 0 Å². The zero-order valence-electron chi connectivity index (χ0n) is 5.45. The molecule has 2 rings (SSSR count). The maximum atomic E-state index is 5.10. The van der Waals surface area contributed by atoms with Crippen molar-refractivity contribution in [1.29, 1.82) is 0 Å². The number of allylic oxidation sites excluding steroid dienone is 2. The number of nitrogens with zero attached hydrogens (tertiary/aromatic N) is 1. The molecule has 1 aliphatic rings. The minimum absolute atomic E-state index is 0.741. The fourth-order valence-electron chi connectivity index (χ4n) is 0.988. The van der Waals surface area contributed by atoms with Crippen LogP contribution in [0.25, 0.3) is 5.47 Å². The van der Waals surface area contributed by atoms with E-state index in [4.69, 9.17) is 4.42 Å². The summed E-state index contributed by atoms with van der Waals surface area (Å²) < 4.78 is 5.10. The van der Waals surface area contributed by atoms with Crippen LogP contribution in [0.3, 0.4) is 0 Å². The zero-order valence-corrected chi connectivity index (χ0v) is 5.45. The van der Waals surface area contributed by atoms with E-state index in [0.29, 0.717) is 0 Å². The highest BCUT2D eigenvalue weighted by atomic mass is 16.3. The second kappa shape index (κ2) is 2.18. The number of hydrogen-bond acceptors (Lipinski definition) is 2. The Morgan fingerprint density at radius 1 is 1.50 bits per heavy atom. The molecule has 1 aliphatic heterocycles. The monoisotopic (exact) mass is 131 g/mol. The standard InChI is InChI=1S/C7H6BNO/c1-2-6(8-3-1)7-9-4-5-10-7/h1-5,8H. The van der Waals surface area contributed by atoms with E-state index < -0.39 is 0 Å². The van der Waals surface area contributed by atoms with Gasteiger partial charge in [-0.1, -0.05) is 12.2 Å². The smallest absolute Gasteiger partial charge is 0.212 e. The van der Waals surface area contributed by atoms with Crippen LogP contribution in [0, 0.1) is 0 Å². The van der Waals surface area contributed by atoms with Crippen LogP contribution >= 0.6 is 0 Å². The second-order valence-electron chi connectivity index (χ2n) is 2.16. The lowest BCUT2D eigenvalue weighted by Crippen LogP contribution is -1.87. The van der Waals surface area contributed by atoms with Crippen LogP contribution in [-0.4, -0.2) is 12.3 Å². The van der Waals surface area contributed by atoms with Gasteiger partial charge in [-0.05, 0) is 5.47 Å². The molecule has 1 aromatic rings. The maximum Gasteiger partial charge on any atom is 0.212 e. The molecular weight excluding hydrogens is 125 g/mol. The van der Waals surface area contributed by atoms with Gasteiger partial charge in [0.25, 0.3) is 0 Å². The average Bonchev–Trinajstić information content (AvgIpc) is 2.59. The van der Waals surface area contributed by atoms with Crippen molar-refractivity contribution in [3.63, 3.8) is 0 Å². The van der Waals surface area contributed by atoms with Crippen molar-refractivity contribution < 1.29 is 4.42 Å². The number of hydrogen-bond donors (Lipinski definition) is 0. The van der Waals surface area contributed by atoms with E-state index in [1.807, 2.05) is 12.2 Å². The van der Waals surface area contributed by atoms with E-state index >= 15 is 0 Å². The Balaban J connectivity index is 2.30. The summed E-state index contributed by atoms with van der Waals surface area (Å²) in [6.45, 7) is 0. The molecule has 10 heavy (non-hydrogen) atoms. The van der Waals surface area contributed by atoms with Crippen LogP contribution in [0.5, 0.6) is 0 Å². The summed E-state index contributed by atoms with van der Waals surface area (Å²) in [6.07, 6.45) is 7.29. The molecule has 0 saturated heterocycles. The van der Waals surface area contributed by atoms with E-state index in [1.54, 1.807) is 12.5 Å². The molecule has 0 bridgehead atoms. The predicted octanol–water partition coefficient (Wildman–Crippen LogP) is 0.979. The van der Waals surface area contributed by atoms with Gasteiger partial charge in [0.1, 0.15) is 6.26 Å². The first-order valence-electron chi connectivity index (χ1n) is 3.22. The topological polar surface area (TPSA) is 26.0 Å². The van der Waals surface area contributed by atoms with Crippen molar-refractivity contribution in [2.75, 3.05) is 0 Å². The Bertz CT molecular complexity index is 274. The molecule has 0 fully saturated rings. The summed E-state index contributed by atoms with van der Waals surface area (Å²) in [5, 5.41) is 0. The van der Waals surface area contributed by atoms with Gasteiger partial charge in [0, 0.05) is 0 Å². The Morgan fingerprint density at radius 3 is 3.10 bits per heavy atom. The van der Waals surface area contributed by atoms with Gasteiger partial charge in [-0.25, -0.2) is 4.98 Å². The molecule has 0 radical (unpaired) electrons. The fourth-order valence-corrected chi connectivity index (χ4v) is 0.988. The molecule has 0 aliphatic carbocycles.